The summed E-state index contributed by atoms with van der Waals surface area (Å²) in [6, 6.07) is 17.2. The highest BCUT2D eigenvalue weighted by Gasteiger charge is 2.21. The third-order valence-corrected chi connectivity index (χ3v) is 4.49. The minimum Gasteiger partial charge on any atom is -0.489 e. The molecule has 0 radical (unpaired) electrons. The van der Waals surface area contributed by atoms with E-state index in [9.17, 15) is 0 Å². The van der Waals surface area contributed by atoms with E-state index in [0.29, 0.717) is 6.61 Å². The van der Waals surface area contributed by atoms with Crippen LogP contribution in [0, 0.1) is 0 Å². The van der Waals surface area contributed by atoms with Gasteiger partial charge in [-0.25, -0.2) is 0 Å². The van der Waals surface area contributed by atoms with Gasteiger partial charge in [-0.3, -0.25) is 4.90 Å². The van der Waals surface area contributed by atoms with Crippen LogP contribution in [0.25, 0.3) is 0 Å². The standard InChI is InChI=1S/C19H22N2O2/c1-2-4-16(5-3-1)18-14-23-19-12-15(6-7-17(19)20-18)13-21-8-10-22-11-9-21/h1-7,12,18,20H,8-11,13-14H2. The quantitative estimate of drug-likeness (QED) is 0.945. The summed E-state index contributed by atoms with van der Waals surface area (Å²) in [5.41, 5.74) is 3.64. The Morgan fingerprint density at radius 1 is 1.04 bits per heavy atom. The van der Waals surface area contributed by atoms with E-state index in [-0.39, 0.29) is 6.04 Å². The third-order valence-electron chi connectivity index (χ3n) is 4.49. The van der Waals surface area contributed by atoms with Crippen molar-refractivity contribution >= 4 is 5.69 Å². The second kappa shape index (κ2) is 6.60. The number of hydrogen-bond acceptors (Lipinski definition) is 4. The maximum absolute atomic E-state index is 6.01. The maximum atomic E-state index is 6.01. The summed E-state index contributed by atoms with van der Waals surface area (Å²) in [6.07, 6.45) is 0. The minimum atomic E-state index is 0.216. The first-order chi connectivity index (χ1) is 11.4. The van der Waals surface area contributed by atoms with Crippen molar-refractivity contribution in [1.82, 2.24) is 4.90 Å². The topological polar surface area (TPSA) is 33.7 Å². The second-order valence-electron chi connectivity index (χ2n) is 6.14. The Hall–Kier alpha value is -2.04. The van der Waals surface area contributed by atoms with Crippen LogP contribution in [0.4, 0.5) is 5.69 Å². The van der Waals surface area contributed by atoms with Gasteiger partial charge in [0.15, 0.2) is 0 Å². The second-order valence-corrected chi connectivity index (χ2v) is 6.14. The van der Waals surface area contributed by atoms with Gasteiger partial charge in [0, 0.05) is 19.6 Å². The Labute approximate surface area is 137 Å². The molecule has 0 saturated carbocycles. The molecule has 4 nitrogen and oxygen atoms in total. The van der Waals surface area contributed by atoms with Gasteiger partial charge in [-0.15, -0.1) is 0 Å². The lowest BCUT2D eigenvalue weighted by molar-refractivity contribution is 0.0341. The zero-order chi connectivity index (χ0) is 15.5. The van der Waals surface area contributed by atoms with Gasteiger partial charge in [-0.2, -0.15) is 0 Å². The zero-order valence-corrected chi connectivity index (χ0v) is 13.2. The molecule has 2 aliphatic rings. The van der Waals surface area contributed by atoms with E-state index < -0.39 is 0 Å². The first kappa shape index (κ1) is 14.5. The highest BCUT2D eigenvalue weighted by molar-refractivity contribution is 5.60. The summed E-state index contributed by atoms with van der Waals surface area (Å²) in [6.45, 7) is 5.31. The first-order valence-electron chi connectivity index (χ1n) is 8.26. The van der Waals surface area contributed by atoms with Gasteiger partial charge < -0.3 is 14.8 Å². The smallest absolute Gasteiger partial charge is 0.142 e. The lowest BCUT2D eigenvalue weighted by Crippen LogP contribution is -2.35. The Morgan fingerprint density at radius 3 is 2.70 bits per heavy atom. The van der Waals surface area contributed by atoms with Crippen molar-refractivity contribution in [3.63, 3.8) is 0 Å². The molecular weight excluding hydrogens is 288 g/mol. The predicted octanol–water partition coefficient (Wildman–Crippen LogP) is 3.06. The van der Waals surface area contributed by atoms with Crippen LogP contribution in [0.15, 0.2) is 48.5 Å². The summed E-state index contributed by atoms with van der Waals surface area (Å²) in [5, 5.41) is 3.59. The van der Waals surface area contributed by atoms with E-state index in [1.807, 2.05) is 6.07 Å². The summed E-state index contributed by atoms with van der Waals surface area (Å²) in [7, 11) is 0. The zero-order valence-electron chi connectivity index (χ0n) is 13.2. The fourth-order valence-electron chi connectivity index (χ4n) is 3.19. The van der Waals surface area contributed by atoms with Gasteiger partial charge in [0.25, 0.3) is 0 Å². The minimum absolute atomic E-state index is 0.216. The number of benzene rings is 2. The average molecular weight is 310 g/mol. The third kappa shape index (κ3) is 3.33. The van der Waals surface area contributed by atoms with E-state index in [2.05, 4.69) is 52.7 Å². The lowest BCUT2D eigenvalue weighted by Gasteiger charge is -2.29. The Morgan fingerprint density at radius 2 is 1.87 bits per heavy atom. The molecule has 0 aromatic heterocycles. The molecule has 0 bridgehead atoms. The van der Waals surface area contributed by atoms with Crippen molar-refractivity contribution < 1.29 is 9.47 Å². The molecule has 2 aromatic rings. The number of rotatable bonds is 3. The van der Waals surface area contributed by atoms with Crippen LogP contribution in [0.3, 0.4) is 0 Å². The van der Waals surface area contributed by atoms with Gasteiger partial charge in [-0.05, 0) is 23.3 Å². The molecule has 2 aliphatic heterocycles. The molecule has 2 heterocycles. The summed E-state index contributed by atoms with van der Waals surface area (Å²) < 4.78 is 11.4. The number of nitrogens with one attached hydrogen (secondary N) is 1. The number of hydrogen-bond donors (Lipinski definition) is 1. The molecule has 1 N–H and O–H groups in total. The van der Waals surface area contributed by atoms with E-state index in [1.165, 1.54) is 11.1 Å². The van der Waals surface area contributed by atoms with Gasteiger partial charge in [0.05, 0.1) is 24.9 Å². The average Bonchev–Trinajstić information content (AvgIpc) is 2.63. The lowest BCUT2D eigenvalue weighted by atomic mass is 10.0. The highest BCUT2D eigenvalue weighted by Crippen LogP contribution is 2.34. The predicted molar refractivity (Wildman–Crippen MR) is 90.8 cm³/mol. The van der Waals surface area contributed by atoms with Crippen molar-refractivity contribution in [3.05, 3.63) is 59.7 Å². The molecule has 0 aliphatic carbocycles. The summed E-state index contributed by atoms with van der Waals surface area (Å²) >= 11 is 0. The largest absolute Gasteiger partial charge is 0.489 e. The van der Waals surface area contributed by atoms with Crippen LogP contribution < -0.4 is 10.1 Å². The van der Waals surface area contributed by atoms with Crippen molar-refractivity contribution in [1.29, 1.82) is 0 Å². The van der Waals surface area contributed by atoms with Crippen molar-refractivity contribution in [3.8, 4) is 5.75 Å². The van der Waals surface area contributed by atoms with E-state index in [0.717, 1.165) is 44.3 Å². The maximum Gasteiger partial charge on any atom is 0.142 e. The van der Waals surface area contributed by atoms with E-state index in [4.69, 9.17) is 9.47 Å². The molecule has 0 spiro atoms. The molecule has 1 fully saturated rings. The van der Waals surface area contributed by atoms with Crippen molar-refractivity contribution in [2.45, 2.75) is 12.6 Å². The molecular formula is C19H22N2O2. The number of nitrogens with zero attached hydrogens (tertiary/aromatic N) is 1. The van der Waals surface area contributed by atoms with E-state index >= 15 is 0 Å². The normalized spacial score (nSPS) is 21.1. The van der Waals surface area contributed by atoms with Crippen LogP contribution >= 0.6 is 0 Å². The molecule has 1 unspecified atom stereocenters. The number of morpholine rings is 1. The SMILES string of the molecule is c1ccc(C2COc3cc(CN4CCOCC4)ccc3N2)cc1. The van der Waals surface area contributed by atoms with Gasteiger partial charge in [0.1, 0.15) is 12.4 Å². The van der Waals surface area contributed by atoms with Crippen LogP contribution in [0.5, 0.6) is 5.75 Å². The van der Waals surface area contributed by atoms with Gasteiger partial charge in [-0.1, -0.05) is 36.4 Å². The summed E-state index contributed by atoms with van der Waals surface area (Å²) in [5.74, 6) is 0.961. The molecule has 120 valence electrons. The Kier molecular flexibility index (Phi) is 4.18. The molecule has 4 heteroatoms. The molecule has 2 aromatic carbocycles. The fraction of sp³-hybridized carbons (Fsp3) is 0.368. The summed E-state index contributed by atoms with van der Waals surface area (Å²) in [4.78, 5) is 2.42. The molecule has 1 atom stereocenters. The van der Waals surface area contributed by atoms with Gasteiger partial charge in [0.2, 0.25) is 0 Å². The molecule has 1 saturated heterocycles. The van der Waals surface area contributed by atoms with Gasteiger partial charge >= 0.3 is 0 Å². The number of fused-ring (bicyclic) bond motifs is 1. The van der Waals surface area contributed by atoms with Crippen LogP contribution in [-0.4, -0.2) is 37.8 Å². The van der Waals surface area contributed by atoms with Crippen molar-refractivity contribution in [2.75, 3.05) is 38.2 Å². The monoisotopic (exact) mass is 310 g/mol. The molecule has 4 rings (SSSR count). The first-order valence-corrected chi connectivity index (χ1v) is 8.26. The van der Waals surface area contributed by atoms with Crippen LogP contribution in [0.2, 0.25) is 0 Å². The molecule has 0 amide bonds. The number of anilines is 1. The highest BCUT2D eigenvalue weighted by atomic mass is 16.5. The fourth-order valence-corrected chi connectivity index (χ4v) is 3.19. The van der Waals surface area contributed by atoms with Crippen LogP contribution in [-0.2, 0) is 11.3 Å². The number of ether oxygens (including phenoxy) is 2. The van der Waals surface area contributed by atoms with Crippen molar-refractivity contribution in [2.24, 2.45) is 0 Å². The van der Waals surface area contributed by atoms with E-state index in [1.54, 1.807) is 0 Å². The Balaban J connectivity index is 1.46. The molecule has 23 heavy (non-hydrogen) atoms. The van der Waals surface area contributed by atoms with Crippen LogP contribution in [0.1, 0.15) is 17.2 Å². The Bertz CT molecular complexity index is 654.